The zero-order valence-electron chi connectivity index (χ0n) is 10.4. The smallest absolute Gasteiger partial charge is 0.137 e. The summed E-state index contributed by atoms with van der Waals surface area (Å²) < 4.78 is 11.8. The maximum atomic E-state index is 8.92. The molecule has 0 amide bonds. The van der Waals surface area contributed by atoms with Crippen LogP contribution in [0.3, 0.4) is 0 Å². The molecule has 0 saturated heterocycles. The molecule has 0 N–H and O–H groups in total. The second kappa shape index (κ2) is 6.26. The largest absolute Gasteiger partial charge is 0.495 e. The number of rotatable bonds is 4. The standard InChI is InChI=1S/C15H12BrNO2/c1-18-15-8-11(6-7-12(15)9-17)10-19-14-5-3-2-4-13(14)16/h2-8H,10H2,1H3. The van der Waals surface area contributed by atoms with E-state index in [9.17, 15) is 0 Å². The van der Waals surface area contributed by atoms with Crippen LogP contribution in [0.2, 0.25) is 0 Å². The number of hydrogen-bond acceptors (Lipinski definition) is 3. The summed E-state index contributed by atoms with van der Waals surface area (Å²) in [5.41, 5.74) is 1.47. The molecule has 0 aromatic heterocycles. The van der Waals surface area contributed by atoms with E-state index in [1.54, 1.807) is 13.2 Å². The molecule has 0 unspecified atom stereocenters. The quantitative estimate of drug-likeness (QED) is 0.858. The highest BCUT2D eigenvalue weighted by molar-refractivity contribution is 9.10. The van der Waals surface area contributed by atoms with Crippen molar-refractivity contribution in [1.82, 2.24) is 0 Å². The summed E-state index contributed by atoms with van der Waals surface area (Å²) in [7, 11) is 1.55. The molecular weight excluding hydrogens is 306 g/mol. The van der Waals surface area contributed by atoms with E-state index in [0.717, 1.165) is 15.8 Å². The maximum Gasteiger partial charge on any atom is 0.137 e. The molecule has 0 aliphatic carbocycles. The molecule has 0 atom stereocenters. The van der Waals surface area contributed by atoms with Gasteiger partial charge in [0.05, 0.1) is 17.1 Å². The molecule has 2 aromatic rings. The number of ether oxygens (including phenoxy) is 2. The van der Waals surface area contributed by atoms with Crippen LogP contribution >= 0.6 is 15.9 Å². The molecule has 0 bridgehead atoms. The van der Waals surface area contributed by atoms with E-state index in [1.165, 1.54) is 0 Å². The minimum atomic E-state index is 0.421. The van der Waals surface area contributed by atoms with Crippen molar-refractivity contribution in [1.29, 1.82) is 5.26 Å². The zero-order chi connectivity index (χ0) is 13.7. The summed E-state index contributed by atoms with van der Waals surface area (Å²) in [6.45, 7) is 0.421. The highest BCUT2D eigenvalue weighted by atomic mass is 79.9. The molecule has 0 saturated carbocycles. The second-order valence-corrected chi connectivity index (χ2v) is 4.72. The van der Waals surface area contributed by atoms with Gasteiger partial charge in [-0.1, -0.05) is 18.2 Å². The van der Waals surface area contributed by atoms with Crippen molar-refractivity contribution in [3.63, 3.8) is 0 Å². The number of nitriles is 1. The van der Waals surface area contributed by atoms with Crippen LogP contribution in [0.5, 0.6) is 11.5 Å². The van der Waals surface area contributed by atoms with Crippen molar-refractivity contribution < 1.29 is 9.47 Å². The molecular formula is C15H12BrNO2. The van der Waals surface area contributed by atoms with Crippen LogP contribution in [0, 0.1) is 11.3 Å². The summed E-state index contributed by atoms with van der Waals surface area (Å²) in [4.78, 5) is 0. The fourth-order valence-electron chi connectivity index (χ4n) is 1.64. The molecule has 0 aliphatic rings. The van der Waals surface area contributed by atoms with Crippen LogP contribution in [0.4, 0.5) is 0 Å². The van der Waals surface area contributed by atoms with Gasteiger partial charge in [-0.05, 0) is 45.8 Å². The van der Waals surface area contributed by atoms with E-state index < -0.39 is 0 Å². The first-order valence-electron chi connectivity index (χ1n) is 5.69. The molecule has 2 rings (SSSR count). The number of nitrogens with zero attached hydrogens (tertiary/aromatic N) is 1. The highest BCUT2D eigenvalue weighted by Gasteiger charge is 2.05. The third-order valence-corrected chi connectivity index (χ3v) is 3.27. The minimum Gasteiger partial charge on any atom is -0.495 e. The van der Waals surface area contributed by atoms with Gasteiger partial charge in [0.1, 0.15) is 24.2 Å². The van der Waals surface area contributed by atoms with Crippen molar-refractivity contribution in [2.45, 2.75) is 6.61 Å². The van der Waals surface area contributed by atoms with Crippen LogP contribution in [-0.2, 0) is 6.61 Å². The number of methoxy groups -OCH3 is 1. The molecule has 19 heavy (non-hydrogen) atoms. The molecule has 3 nitrogen and oxygen atoms in total. The fraction of sp³-hybridized carbons (Fsp3) is 0.133. The monoisotopic (exact) mass is 317 g/mol. The van der Waals surface area contributed by atoms with E-state index in [1.807, 2.05) is 36.4 Å². The van der Waals surface area contributed by atoms with Gasteiger partial charge in [-0.2, -0.15) is 5.26 Å². The van der Waals surface area contributed by atoms with Crippen molar-refractivity contribution in [3.05, 3.63) is 58.1 Å². The zero-order valence-corrected chi connectivity index (χ0v) is 12.0. The van der Waals surface area contributed by atoms with Gasteiger partial charge in [0.15, 0.2) is 0 Å². The van der Waals surface area contributed by atoms with E-state index in [2.05, 4.69) is 22.0 Å². The van der Waals surface area contributed by atoms with Gasteiger partial charge in [-0.15, -0.1) is 0 Å². The van der Waals surface area contributed by atoms with Crippen molar-refractivity contribution >= 4 is 15.9 Å². The lowest BCUT2D eigenvalue weighted by atomic mass is 10.1. The summed E-state index contributed by atoms with van der Waals surface area (Å²) in [6.07, 6.45) is 0. The Morgan fingerprint density at radius 2 is 1.95 bits per heavy atom. The molecule has 96 valence electrons. The van der Waals surface area contributed by atoms with Crippen LogP contribution in [-0.4, -0.2) is 7.11 Å². The molecule has 0 radical (unpaired) electrons. The molecule has 0 spiro atoms. The predicted octanol–water partition coefficient (Wildman–Crippen LogP) is 3.91. The summed E-state index contributed by atoms with van der Waals surface area (Å²) in [6, 6.07) is 15.2. The van der Waals surface area contributed by atoms with Crippen LogP contribution in [0.1, 0.15) is 11.1 Å². The van der Waals surface area contributed by atoms with Gasteiger partial charge in [-0.25, -0.2) is 0 Å². The van der Waals surface area contributed by atoms with Crippen LogP contribution in [0.15, 0.2) is 46.9 Å². The third kappa shape index (κ3) is 3.27. The Kier molecular flexibility index (Phi) is 4.43. The van der Waals surface area contributed by atoms with Gasteiger partial charge in [0, 0.05) is 0 Å². The van der Waals surface area contributed by atoms with Crippen molar-refractivity contribution in [2.24, 2.45) is 0 Å². The molecule has 4 heteroatoms. The maximum absolute atomic E-state index is 8.92. The first-order valence-corrected chi connectivity index (χ1v) is 6.48. The summed E-state index contributed by atoms with van der Waals surface area (Å²) in [5.74, 6) is 1.35. The average molecular weight is 318 g/mol. The van der Waals surface area contributed by atoms with Crippen LogP contribution < -0.4 is 9.47 Å². The highest BCUT2D eigenvalue weighted by Crippen LogP contribution is 2.25. The third-order valence-electron chi connectivity index (χ3n) is 2.62. The van der Waals surface area contributed by atoms with Gasteiger partial charge in [0.2, 0.25) is 0 Å². The SMILES string of the molecule is COc1cc(COc2ccccc2Br)ccc1C#N. The summed E-state index contributed by atoms with van der Waals surface area (Å²) >= 11 is 3.43. The lowest BCUT2D eigenvalue weighted by Gasteiger charge is -2.09. The van der Waals surface area contributed by atoms with E-state index >= 15 is 0 Å². The Balaban J connectivity index is 2.13. The molecule has 2 aromatic carbocycles. The topological polar surface area (TPSA) is 42.2 Å². The number of hydrogen-bond donors (Lipinski definition) is 0. The second-order valence-electron chi connectivity index (χ2n) is 3.87. The van der Waals surface area contributed by atoms with Gasteiger partial charge >= 0.3 is 0 Å². The Bertz CT molecular complexity index is 620. The van der Waals surface area contributed by atoms with E-state index in [-0.39, 0.29) is 0 Å². The molecule has 0 fully saturated rings. The first-order chi connectivity index (χ1) is 9.24. The van der Waals surface area contributed by atoms with E-state index in [0.29, 0.717) is 17.9 Å². The number of para-hydroxylation sites is 1. The van der Waals surface area contributed by atoms with Crippen LogP contribution in [0.25, 0.3) is 0 Å². The number of halogens is 1. The van der Waals surface area contributed by atoms with Crippen molar-refractivity contribution in [2.75, 3.05) is 7.11 Å². The molecule has 0 aliphatic heterocycles. The fourth-order valence-corrected chi connectivity index (χ4v) is 2.04. The van der Waals surface area contributed by atoms with Crippen molar-refractivity contribution in [3.8, 4) is 17.6 Å². The average Bonchev–Trinajstić information content (AvgIpc) is 2.46. The lowest BCUT2D eigenvalue weighted by Crippen LogP contribution is -1.97. The van der Waals surface area contributed by atoms with Gasteiger partial charge in [-0.3, -0.25) is 0 Å². The normalized spacial score (nSPS) is 9.74. The van der Waals surface area contributed by atoms with Gasteiger partial charge < -0.3 is 9.47 Å². The first kappa shape index (κ1) is 13.4. The lowest BCUT2D eigenvalue weighted by molar-refractivity contribution is 0.303. The predicted molar refractivity (Wildman–Crippen MR) is 76.2 cm³/mol. The Morgan fingerprint density at radius 3 is 2.63 bits per heavy atom. The number of benzene rings is 2. The van der Waals surface area contributed by atoms with E-state index in [4.69, 9.17) is 14.7 Å². The Morgan fingerprint density at radius 1 is 1.16 bits per heavy atom. The Labute approximate surface area is 120 Å². The minimum absolute atomic E-state index is 0.421. The molecule has 0 heterocycles. The summed E-state index contributed by atoms with van der Waals surface area (Å²) in [5, 5.41) is 8.92. The van der Waals surface area contributed by atoms with Gasteiger partial charge in [0.25, 0.3) is 0 Å². The Hall–Kier alpha value is -1.99.